The maximum Gasteiger partial charge on any atom is 0.236 e. The minimum absolute atomic E-state index is 0.108. The number of nitrogens with zero attached hydrogens (tertiary/aromatic N) is 5. The number of carbonyl (C=O) groups excluding carboxylic acids is 1. The van der Waals surface area contributed by atoms with Crippen LogP contribution in [0.3, 0.4) is 0 Å². The summed E-state index contributed by atoms with van der Waals surface area (Å²) in [5.74, 6) is 1.71. The number of hydrogen-bond donors (Lipinski definition) is 1. The Morgan fingerprint density at radius 1 is 1.18 bits per heavy atom. The summed E-state index contributed by atoms with van der Waals surface area (Å²) in [5, 5.41) is 16.7. The average Bonchev–Trinajstić information content (AvgIpc) is 3.24. The number of para-hydroxylation sites is 1. The molecule has 1 amide bonds. The highest BCUT2D eigenvalue weighted by Crippen LogP contribution is 2.26. The quantitative estimate of drug-likeness (QED) is 0.642. The van der Waals surface area contributed by atoms with E-state index in [1.165, 1.54) is 11.8 Å². The van der Waals surface area contributed by atoms with Gasteiger partial charge >= 0.3 is 0 Å². The summed E-state index contributed by atoms with van der Waals surface area (Å²) in [4.78, 5) is 12.6. The Bertz CT molecular complexity index is 955. The van der Waals surface area contributed by atoms with Gasteiger partial charge in [-0.3, -0.25) is 4.79 Å². The Balaban J connectivity index is 1.77. The van der Waals surface area contributed by atoms with Crippen LogP contribution < -0.4 is 5.32 Å². The molecule has 1 N–H and O–H groups in total. The van der Waals surface area contributed by atoms with Crippen LogP contribution >= 0.6 is 11.8 Å². The molecule has 0 atom stereocenters. The monoisotopic (exact) mass is 398 g/mol. The van der Waals surface area contributed by atoms with Crippen LogP contribution in [0.25, 0.3) is 5.69 Å². The van der Waals surface area contributed by atoms with Gasteiger partial charge < -0.3 is 9.88 Å². The number of nitrogens with one attached hydrogen (secondary N) is 1. The number of thioether (sulfide) groups is 1. The molecule has 2 aromatic heterocycles. The Labute approximate surface area is 169 Å². The number of hydrogen-bond acceptors (Lipinski definition) is 5. The van der Waals surface area contributed by atoms with Gasteiger partial charge in [0.15, 0.2) is 5.16 Å². The maximum atomic E-state index is 12.6. The summed E-state index contributed by atoms with van der Waals surface area (Å²) in [6.45, 7) is 8.34. The normalized spacial score (nSPS) is 11.6. The highest BCUT2D eigenvalue weighted by molar-refractivity contribution is 7.99. The van der Waals surface area contributed by atoms with Crippen molar-refractivity contribution >= 4 is 23.5 Å². The number of anilines is 1. The van der Waals surface area contributed by atoms with Crippen LogP contribution in [0.15, 0.2) is 41.6 Å². The fraction of sp³-hybridized carbons (Fsp3) is 0.400. The zero-order valence-electron chi connectivity index (χ0n) is 16.9. The topological polar surface area (TPSA) is 77.6 Å². The van der Waals surface area contributed by atoms with Crippen LogP contribution in [0.4, 0.5) is 5.82 Å². The molecule has 148 valence electrons. The molecule has 0 saturated heterocycles. The van der Waals surface area contributed by atoms with Crippen molar-refractivity contribution in [1.82, 2.24) is 24.5 Å². The van der Waals surface area contributed by atoms with Gasteiger partial charge in [-0.25, -0.2) is 4.68 Å². The molecule has 0 bridgehead atoms. The lowest BCUT2D eigenvalue weighted by Crippen LogP contribution is -2.17. The molecule has 7 nitrogen and oxygen atoms in total. The van der Waals surface area contributed by atoms with E-state index in [9.17, 15) is 4.79 Å². The second-order valence-electron chi connectivity index (χ2n) is 7.56. The zero-order valence-corrected chi connectivity index (χ0v) is 17.7. The van der Waals surface area contributed by atoms with Crippen molar-refractivity contribution in [3.63, 3.8) is 0 Å². The molecular weight excluding hydrogens is 372 g/mol. The van der Waals surface area contributed by atoms with Crippen LogP contribution in [0.5, 0.6) is 0 Å². The van der Waals surface area contributed by atoms with Gasteiger partial charge in [0.1, 0.15) is 11.6 Å². The van der Waals surface area contributed by atoms with Crippen molar-refractivity contribution in [2.45, 2.75) is 44.7 Å². The third-order valence-electron chi connectivity index (χ3n) is 4.32. The molecule has 8 heteroatoms. The molecule has 0 fully saturated rings. The van der Waals surface area contributed by atoms with Gasteiger partial charge in [-0.2, -0.15) is 5.10 Å². The van der Waals surface area contributed by atoms with Crippen molar-refractivity contribution in [3.8, 4) is 5.69 Å². The second-order valence-corrected chi connectivity index (χ2v) is 8.50. The third kappa shape index (κ3) is 4.44. The van der Waals surface area contributed by atoms with E-state index in [1.807, 2.05) is 54.9 Å². The van der Waals surface area contributed by atoms with Crippen LogP contribution in [0.1, 0.15) is 39.2 Å². The molecule has 0 radical (unpaired) electrons. The summed E-state index contributed by atoms with van der Waals surface area (Å²) in [5.41, 5.74) is 1.70. The fourth-order valence-electron chi connectivity index (χ4n) is 2.69. The van der Waals surface area contributed by atoms with Gasteiger partial charge in [-0.05, 0) is 12.1 Å². The van der Waals surface area contributed by atoms with E-state index >= 15 is 0 Å². The Morgan fingerprint density at radius 3 is 2.50 bits per heavy atom. The standard InChI is InChI=1S/C20H26N6OS/c1-6-16-22-23-19(25(16)5)28-13-18(27)21-17-12-15(20(2,3)4)24-26(17)14-10-8-7-9-11-14/h7-12H,6,13H2,1-5H3,(H,21,27). The third-order valence-corrected chi connectivity index (χ3v) is 5.34. The lowest BCUT2D eigenvalue weighted by molar-refractivity contribution is -0.113. The summed E-state index contributed by atoms with van der Waals surface area (Å²) in [6.07, 6.45) is 0.808. The maximum absolute atomic E-state index is 12.6. The fourth-order valence-corrected chi connectivity index (χ4v) is 3.42. The van der Waals surface area contributed by atoms with Gasteiger partial charge in [0.2, 0.25) is 5.91 Å². The molecule has 2 heterocycles. The number of carbonyl (C=O) groups is 1. The predicted molar refractivity (Wildman–Crippen MR) is 112 cm³/mol. The minimum atomic E-state index is -0.122. The average molecular weight is 399 g/mol. The number of amides is 1. The molecule has 0 saturated carbocycles. The summed E-state index contributed by atoms with van der Waals surface area (Å²) >= 11 is 1.37. The van der Waals surface area contributed by atoms with Crippen LogP contribution in [-0.2, 0) is 23.7 Å². The van der Waals surface area contributed by atoms with E-state index in [2.05, 4.69) is 36.3 Å². The van der Waals surface area contributed by atoms with Crippen molar-refractivity contribution in [2.75, 3.05) is 11.1 Å². The first kappa shape index (κ1) is 20.1. The number of rotatable bonds is 6. The van der Waals surface area contributed by atoms with Crippen LogP contribution in [0.2, 0.25) is 0 Å². The van der Waals surface area contributed by atoms with Gasteiger partial charge in [-0.1, -0.05) is 57.7 Å². The van der Waals surface area contributed by atoms with Crippen LogP contribution in [0, 0.1) is 0 Å². The summed E-state index contributed by atoms with van der Waals surface area (Å²) in [7, 11) is 1.92. The van der Waals surface area contributed by atoms with E-state index in [4.69, 9.17) is 5.10 Å². The number of aryl methyl sites for hydroxylation is 1. The van der Waals surface area contributed by atoms with E-state index in [0.29, 0.717) is 5.82 Å². The predicted octanol–water partition coefficient (Wildman–Crippen LogP) is 3.59. The zero-order chi connectivity index (χ0) is 20.3. The molecule has 1 aromatic carbocycles. The molecular formula is C20H26N6OS. The molecule has 0 unspecified atom stereocenters. The molecule has 3 rings (SSSR count). The molecule has 0 aliphatic rings. The summed E-state index contributed by atoms with van der Waals surface area (Å²) in [6, 6.07) is 11.7. The smallest absolute Gasteiger partial charge is 0.236 e. The Kier molecular flexibility index (Phi) is 5.88. The first-order valence-electron chi connectivity index (χ1n) is 9.26. The molecule has 0 aliphatic carbocycles. The highest BCUT2D eigenvalue weighted by Gasteiger charge is 2.21. The lowest BCUT2D eigenvalue weighted by Gasteiger charge is -2.14. The van der Waals surface area contributed by atoms with Crippen molar-refractivity contribution < 1.29 is 4.79 Å². The van der Waals surface area contributed by atoms with Crippen LogP contribution in [-0.4, -0.2) is 36.2 Å². The van der Waals surface area contributed by atoms with E-state index < -0.39 is 0 Å². The molecule has 0 spiro atoms. The molecule has 28 heavy (non-hydrogen) atoms. The van der Waals surface area contributed by atoms with Gasteiger partial charge in [0.25, 0.3) is 0 Å². The summed E-state index contributed by atoms with van der Waals surface area (Å²) < 4.78 is 3.70. The Hall–Kier alpha value is -2.61. The van der Waals surface area contributed by atoms with Gasteiger partial charge in [0.05, 0.1) is 17.1 Å². The largest absolute Gasteiger partial charge is 0.310 e. The number of benzene rings is 1. The van der Waals surface area contributed by atoms with Crippen molar-refractivity contribution in [2.24, 2.45) is 7.05 Å². The SMILES string of the molecule is CCc1nnc(SCC(=O)Nc2cc(C(C)(C)C)nn2-c2ccccc2)n1C. The first-order chi connectivity index (χ1) is 13.3. The number of aromatic nitrogens is 5. The molecule has 0 aliphatic heterocycles. The minimum Gasteiger partial charge on any atom is -0.310 e. The lowest BCUT2D eigenvalue weighted by atomic mass is 9.92. The molecule has 3 aromatic rings. The van der Waals surface area contributed by atoms with E-state index in [0.717, 1.165) is 28.8 Å². The van der Waals surface area contributed by atoms with E-state index in [-0.39, 0.29) is 17.1 Å². The van der Waals surface area contributed by atoms with Crippen molar-refractivity contribution in [1.29, 1.82) is 0 Å². The Morgan fingerprint density at radius 2 is 1.89 bits per heavy atom. The first-order valence-corrected chi connectivity index (χ1v) is 10.2. The highest BCUT2D eigenvalue weighted by atomic mass is 32.2. The second kappa shape index (κ2) is 8.18. The van der Waals surface area contributed by atoms with Gasteiger partial charge in [-0.15, -0.1) is 10.2 Å². The van der Waals surface area contributed by atoms with Gasteiger partial charge in [0, 0.05) is 24.9 Å². The van der Waals surface area contributed by atoms with Crippen molar-refractivity contribution in [3.05, 3.63) is 47.9 Å². The van der Waals surface area contributed by atoms with E-state index in [1.54, 1.807) is 4.68 Å².